The van der Waals surface area contributed by atoms with Crippen LogP contribution >= 0.6 is 7.15 Å². The molecule has 0 aromatic rings. The molecule has 0 saturated heterocycles. The van der Waals surface area contributed by atoms with Gasteiger partial charge in [-0.15, -0.1) is 9.05 Å². The molecule has 0 fully saturated rings. The fourth-order valence-electron chi connectivity index (χ4n) is 1.73. The molecule has 16 heavy (non-hydrogen) atoms. The molecule has 0 aromatic heterocycles. The average molecular weight is 265 g/mol. The van der Waals surface area contributed by atoms with Crippen LogP contribution < -0.4 is 0 Å². The fraction of sp³-hybridized carbons (Fsp3) is 1.00. The summed E-state index contributed by atoms with van der Waals surface area (Å²) in [5.41, 5.74) is 0. The zero-order valence-corrected chi connectivity index (χ0v) is 13.1. The van der Waals surface area contributed by atoms with Gasteiger partial charge in [0.2, 0.25) is 11.8 Å². The van der Waals surface area contributed by atoms with Crippen molar-refractivity contribution in [1.82, 2.24) is 0 Å². The number of rotatable bonds is 8. The Balaban J connectivity index is 3.80. The summed E-state index contributed by atoms with van der Waals surface area (Å²) in [5, 5.41) is 0. The molecule has 0 aliphatic carbocycles. The quantitative estimate of drug-likeness (QED) is 0.594. The number of hydrogen-bond acceptors (Lipinski definition) is 3. The van der Waals surface area contributed by atoms with E-state index in [1.54, 1.807) is 0 Å². The van der Waals surface area contributed by atoms with E-state index in [9.17, 15) is 0 Å². The molecule has 0 aliphatic rings. The smallest absolute Gasteiger partial charge is 0.139 e. The van der Waals surface area contributed by atoms with Crippen LogP contribution in [-0.2, 0) is 20.9 Å². The van der Waals surface area contributed by atoms with E-state index in [-0.39, 0.29) is 12.2 Å². The predicted octanol–water partition coefficient (Wildman–Crippen LogP) is 4.66. The molecule has 96 valence electrons. The fourth-order valence-corrected chi connectivity index (χ4v) is 3.42. The predicted molar refractivity (Wildman–Crippen MR) is 74.3 cm³/mol. The molecule has 4 heteroatoms. The summed E-state index contributed by atoms with van der Waals surface area (Å²) < 4.78 is 11.3. The van der Waals surface area contributed by atoms with Gasteiger partial charge >= 0.3 is 7.15 Å². The Morgan fingerprint density at radius 2 is 1.12 bits per heavy atom. The summed E-state index contributed by atoms with van der Waals surface area (Å²) in [6, 6.07) is 0. The molecule has 2 unspecified atom stereocenters. The van der Waals surface area contributed by atoms with Gasteiger partial charge < -0.3 is 0 Å². The third-order valence-electron chi connectivity index (χ3n) is 2.14. The first kappa shape index (κ1) is 16.4. The van der Waals surface area contributed by atoms with Gasteiger partial charge in [-0.25, -0.2) is 0 Å². The van der Waals surface area contributed by atoms with Gasteiger partial charge in [-0.3, -0.25) is 0 Å². The Morgan fingerprint density at radius 1 is 0.812 bits per heavy atom. The van der Waals surface area contributed by atoms with Crippen molar-refractivity contribution in [2.45, 2.75) is 66.6 Å². The van der Waals surface area contributed by atoms with Crippen LogP contribution in [0.2, 0.25) is 0 Å². The first-order chi connectivity index (χ1) is 7.31. The average Bonchev–Trinajstić information content (AvgIpc) is 1.97. The van der Waals surface area contributed by atoms with Gasteiger partial charge in [0.25, 0.3) is 0 Å². The first-order valence-corrected chi connectivity index (χ1v) is 8.31. The molecule has 0 saturated carbocycles. The Bertz CT molecular complexity index is 187. The van der Waals surface area contributed by atoms with Crippen molar-refractivity contribution in [3.8, 4) is 0 Å². The molecule has 2 nitrogen and oxygen atoms in total. The second-order valence-corrected chi connectivity index (χ2v) is 7.08. The van der Waals surface area contributed by atoms with Crippen molar-refractivity contribution in [2.24, 2.45) is 11.8 Å². The normalized spacial score (nSPS) is 16.6. The maximum Gasteiger partial charge on any atom is 0.522 e. The molecular weight excluding hydrogens is 239 g/mol. The van der Waals surface area contributed by atoms with E-state index in [0.29, 0.717) is 11.8 Å². The van der Waals surface area contributed by atoms with Gasteiger partial charge in [0.05, 0.1) is 0 Å². The molecule has 0 heterocycles. The molecule has 0 bridgehead atoms. The first-order valence-electron chi connectivity index (χ1n) is 6.12. The minimum Gasteiger partial charge on any atom is -0.139 e. The summed E-state index contributed by atoms with van der Waals surface area (Å²) in [4.78, 5) is 0. The summed E-state index contributed by atoms with van der Waals surface area (Å²) >= 11 is 5.22. The second-order valence-electron chi connectivity index (χ2n) is 5.31. The van der Waals surface area contributed by atoms with Gasteiger partial charge in [-0.2, -0.15) is 0 Å². The molecule has 0 amide bonds. The Labute approximate surface area is 107 Å². The van der Waals surface area contributed by atoms with Crippen molar-refractivity contribution < 1.29 is 9.05 Å². The summed E-state index contributed by atoms with van der Waals surface area (Å²) in [5.74, 6) is 1.28. The van der Waals surface area contributed by atoms with Gasteiger partial charge in [0.1, 0.15) is 12.2 Å². The van der Waals surface area contributed by atoms with E-state index in [0.717, 1.165) is 12.8 Å². The van der Waals surface area contributed by atoms with E-state index >= 15 is 0 Å². The molecule has 0 aromatic carbocycles. The van der Waals surface area contributed by atoms with E-state index in [4.69, 9.17) is 20.9 Å². The minimum atomic E-state index is -1.14. The molecule has 0 N–H and O–H groups in total. The lowest BCUT2D eigenvalue weighted by Crippen LogP contribution is -2.11. The standard InChI is InChI=1S/C12H26O2PS/c1-9(2)7-11(5)13-15(16)14-12(6)8-10(3)4/h9-12H,7-8H2,1-6H3/q+1. The van der Waals surface area contributed by atoms with Crippen LogP contribution in [0.4, 0.5) is 0 Å². The van der Waals surface area contributed by atoms with E-state index in [2.05, 4.69) is 41.5 Å². The Morgan fingerprint density at radius 3 is 1.38 bits per heavy atom. The van der Waals surface area contributed by atoms with E-state index in [1.165, 1.54) is 0 Å². The van der Waals surface area contributed by atoms with Gasteiger partial charge in [0.15, 0.2) is 0 Å². The van der Waals surface area contributed by atoms with Crippen molar-refractivity contribution in [3.05, 3.63) is 0 Å². The summed E-state index contributed by atoms with van der Waals surface area (Å²) in [6.07, 6.45) is 2.49. The lowest BCUT2D eigenvalue weighted by molar-refractivity contribution is 0.147. The molecule has 0 radical (unpaired) electrons. The van der Waals surface area contributed by atoms with Crippen LogP contribution in [0.25, 0.3) is 0 Å². The highest BCUT2D eigenvalue weighted by Crippen LogP contribution is 2.31. The molecule has 0 aliphatic heterocycles. The SMILES string of the molecule is CC(C)CC(C)O[P+](=S)OC(C)CC(C)C. The zero-order chi connectivity index (χ0) is 12.7. The maximum absolute atomic E-state index is 5.67. The van der Waals surface area contributed by atoms with Crippen LogP contribution in [0, 0.1) is 11.8 Å². The third kappa shape index (κ3) is 9.65. The molecular formula is C12H26O2PS+. The summed E-state index contributed by atoms with van der Waals surface area (Å²) in [6.45, 7) is 12.9. The zero-order valence-electron chi connectivity index (χ0n) is 11.4. The molecule has 0 rings (SSSR count). The van der Waals surface area contributed by atoms with E-state index in [1.807, 2.05) is 0 Å². The molecule has 2 atom stereocenters. The second kappa shape index (κ2) is 8.52. The van der Waals surface area contributed by atoms with Crippen LogP contribution in [0.5, 0.6) is 0 Å². The lowest BCUT2D eigenvalue weighted by atomic mass is 10.1. The van der Waals surface area contributed by atoms with E-state index < -0.39 is 7.15 Å². The highest BCUT2D eigenvalue weighted by Gasteiger charge is 2.23. The highest BCUT2D eigenvalue weighted by atomic mass is 32.4. The Kier molecular flexibility index (Phi) is 8.75. The topological polar surface area (TPSA) is 18.5 Å². The molecule has 0 spiro atoms. The highest BCUT2D eigenvalue weighted by molar-refractivity contribution is 8.00. The van der Waals surface area contributed by atoms with Crippen molar-refractivity contribution in [1.29, 1.82) is 0 Å². The minimum absolute atomic E-state index is 0.204. The van der Waals surface area contributed by atoms with Crippen molar-refractivity contribution >= 4 is 19.0 Å². The number of hydrogen-bond donors (Lipinski definition) is 0. The van der Waals surface area contributed by atoms with Crippen molar-refractivity contribution in [3.63, 3.8) is 0 Å². The van der Waals surface area contributed by atoms with Gasteiger partial charge in [-0.1, -0.05) is 27.7 Å². The maximum atomic E-state index is 5.67. The van der Waals surface area contributed by atoms with Crippen molar-refractivity contribution in [2.75, 3.05) is 0 Å². The van der Waals surface area contributed by atoms with Crippen LogP contribution in [-0.4, -0.2) is 12.2 Å². The van der Waals surface area contributed by atoms with Crippen LogP contribution in [0.15, 0.2) is 0 Å². The largest absolute Gasteiger partial charge is 0.522 e. The van der Waals surface area contributed by atoms with Gasteiger partial charge in [-0.05, 0) is 38.5 Å². The van der Waals surface area contributed by atoms with Gasteiger partial charge in [0, 0.05) is 0 Å². The summed E-state index contributed by atoms with van der Waals surface area (Å²) in [7, 11) is -1.14. The lowest BCUT2D eigenvalue weighted by Gasteiger charge is -2.11. The monoisotopic (exact) mass is 265 g/mol. The third-order valence-corrected chi connectivity index (χ3v) is 3.72. The van der Waals surface area contributed by atoms with Crippen LogP contribution in [0.1, 0.15) is 54.4 Å². The van der Waals surface area contributed by atoms with Crippen LogP contribution in [0.3, 0.4) is 0 Å². The Hall–Kier alpha value is 0.440.